The molecule has 1 aromatic heterocycles. The van der Waals surface area contributed by atoms with Crippen LogP contribution in [0, 0.1) is 10.1 Å². The zero-order chi connectivity index (χ0) is 16.7. The smallest absolute Gasteiger partial charge is 0.344 e. The van der Waals surface area contributed by atoms with E-state index in [0.29, 0.717) is 11.3 Å². The van der Waals surface area contributed by atoms with Crippen LogP contribution in [-0.2, 0) is 4.74 Å². The number of carbonyl (C=O) groups is 1. The molecule has 0 saturated heterocycles. The molecule has 1 aliphatic heterocycles. The molecule has 1 aliphatic rings. The van der Waals surface area contributed by atoms with E-state index in [1.165, 1.54) is 18.2 Å². The van der Waals surface area contributed by atoms with Crippen molar-refractivity contribution in [3.05, 3.63) is 81.5 Å². The molecule has 0 amide bonds. The molecule has 0 saturated carbocycles. The van der Waals surface area contributed by atoms with E-state index in [0.717, 1.165) is 16.5 Å². The van der Waals surface area contributed by atoms with Crippen LogP contribution in [0.25, 0.3) is 22.7 Å². The molecule has 2 heterocycles. The van der Waals surface area contributed by atoms with Gasteiger partial charge in [-0.2, -0.15) is 0 Å². The van der Waals surface area contributed by atoms with Gasteiger partial charge in [-0.05, 0) is 29.8 Å². The summed E-state index contributed by atoms with van der Waals surface area (Å²) in [5.41, 5.74) is 2.30. The second kappa shape index (κ2) is 5.27. The topological polar surface area (TPSA) is 82.3 Å². The Morgan fingerprint density at radius 1 is 1.08 bits per heavy atom. The summed E-state index contributed by atoms with van der Waals surface area (Å²) in [6, 6.07) is 13.6. The number of pyridine rings is 1. The molecule has 0 unspecified atom stereocenters. The zero-order valence-electron chi connectivity index (χ0n) is 12.3. The van der Waals surface area contributed by atoms with Crippen LogP contribution in [0.5, 0.6) is 0 Å². The predicted octanol–water partition coefficient (Wildman–Crippen LogP) is 3.81. The molecule has 0 atom stereocenters. The molecule has 0 radical (unpaired) electrons. The van der Waals surface area contributed by atoms with Crippen molar-refractivity contribution in [3.8, 4) is 0 Å². The third-order valence-electron chi connectivity index (χ3n) is 3.87. The molecule has 3 aromatic rings. The van der Waals surface area contributed by atoms with Gasteiger partial charge in [0, 0.05) is 29.3 Å². The van der Waals surface area contributed by atoms with Crippen LogP contribution in [0.2, 0.25) is 0 Å². The highest BCUT2D eigenvalue weighted by atomic mass is 16.6. The van der Waals surface area contributed by atoms with Gasteiger partial charge in [0.05, 0.1) is 16.0 Å². The second-order valence-electron chi connectivity index (χ2n) is 5.30. The number of nitro benzene ring substituents is 1. The summed E-state index contributed by atoms with van der Waals surface area (Å²) in [6.45, 7) is 0. The van der Waals surface area contributed by atoms with Gasteiger partial charge >= 0.3 is 5.97 Å². The fraction of sp³-hybridized carbons (Fsp3) is 0. The Kier molecular flexibility index (Phi) is 3.09. The molecule has 6 heteroatoms. The van der Waals surface area contributed by atoms with Crippen LogP contribution in [0.1, 0.15) is 21.5 Å². The summed E-state index contributed by atoms with van der Waals surface area (Å²) in [6.07, 6.45) is 3.43. The van der Waals surface area contributed by atoms with Crippen molar-refractivity contribution in [1.29, 1.82) is 0 Å². The number of hydrogen-bond donors (Lipinski definition) is 0. The largest absolute Gasteiger partial charge is 0.422 e. The van der Waals surface area contributed by atoms with Gasteiger partial charge in [0.2, 0.25) is 0 Å². The second-order valence-corrected chi connectivity index (χ2v) is 5.30. The summed E-state index contributed by atoms with van der Waals surface area (Å²) >= 11 is 0. The highest BCUT2D eigenvalue weighted by Crippen LogP contribution is 2.34. The fourth-order valence-corrected chi connectivity index (χ4v) is 2.73. The number of non-ortho nitro benzene ring substituents is 1. The first-order valence-corrected chi connectivity index (χ1v) is 7.20. The lowest BCUT2D eigenvalue weighted by Crippen LogP contribution is -1.95. The van der Waals surface area contributed by atoms with Crippen LogP contribution in [0.3, 0.4) is 0 Å². The first-order chi connectivity index (χ1) is 11.6. The highest BCUT2D eigenvalue weighted by Gasteiger charge is 2.28. The quantitative estimate of drug-likeness (QED) is 0.407. The number of esters is 1. The minimum atomic E-state index is -0.585. The Morgan fingerprint density at radius 2 is 1.92 bits per heavy atom. The third kappa shape index (κ3) is 2.21. The van der Waals surface area contributed by atoms with E-state index >= 15 is 0 Å². The van der Waals surface area contributed by atoms with E-state index in [-0.39, 0.29) is 11.3 Å². The normalized spacial score (nSPS) is 14.7. The average Bonchev–Trinajstić information content (AvgIpc) is 2.91. The monoisotopic (exact) mass is 318 g/mol. The summed E-state index contributed by atoms with van der Waals surface area (Å²) in [4.78, 5) is 26.6. The molecule has 0 N–H and O–H groups in total. The Labute approximate surface area is 136 Å². The van der Waals surface area contributed by atoms with E-state index in [9.17, 15) is 14.9 Å². The number of aromatic nitrogens is 1. The SMILES string of the molecule is O=C1O/C(=C/c2ccnc3ccccc23)c2ccc([N+](=O)[O-])cc21. The lowest BCUT2D eigenvalue weighted by atomic mass is 10.0. The lowest BCUT2D eigenvalue weighted by molar-refractivity contribution is -0.384. The van der Waals surface area contributed by atoms with Gasteiger partial charge in [0.25, 0.3) is 5.69 Å². The minimum Gasteiger partial charge on any atom is -0.422 e. The van der Waals surface area contributed by atoms with Gasteiger partial charge < -0.3 is 4.74 Å². The van der Waals surface area contributed by atoms with Gasteiger partial charge in [0.1, 0.15) is 5.76 Å². The summed E-state index contributed by atoms with van der Waals surface area (Å²) < 4.78 is 5.30. The number of cyclic esters (lactones) is 1. The van der Waals surface area contributed by atoms with Crippen molar-refractivity contribution in [2.45, 2.75) is 0 Å². The average molecular weight is 318 g/mol. The molecular formula is C18H10N2O4. The van der Waals surface area contributed by atoms with Crippen molar-refractivity contribution in [1.82, 2.24) is 4.98 Å². The number of nitrogens with zero attached hydrogens (tertiary/aromatic N) is 2. The van der Waals surface area contributed by atoms with Crippen LogP contribution < -0.4 is 0 Å². The predicted molar refractivity (Wildman–Crippen MR) is 88.1 cm³/mol. The van der Waals surface area contributed by atoms with E-state index in [2.05, 4.69) is 4.98 Å². The molecule has 0 fully saturated rings. The molecule has 0 aliphatic carbocycles. The maximum Gasteiger partial charge on any atom is 0.344 e. The van der Waals surface area contributed by atoms with Crippen molar-refractivity contribution < 1.29 is 14.5 Å². The van der Waals surface area contributed by atoms with Gasteiger partial charge in [0.15, 0.2) is 0 Å². The molecule has 4 rings (SSSR count). The number of hydrogen-bond acceptors (Lipinski definition) is 5. The van der Waals surface area contributed by atoms with E-state index in [1.807, 2.05) is 30.3 Å². The van der Waals surface area contributed by atoms with E-state index in [4.69, 9.17) is 4.74 Å². The van der Waals surface area contributed by atoms with Gasteiger partial charge in [-0.15, -0.1) is 0 Å². The summed E-state index contributed by atoms with van der Waals surface area (Å²) in [7, 11) is 0. The summed E-state index contributed by atoms with van der Waals surface area (Å²) in [5, 5.41) is 11.8. The Bertz CT molecular complexity index is 1030. The van der Waals surface area contributed by atoms with Crippen LogP contribution in [0.4, 0.5) is 5.69 Å². The fourth-order valence-electron chi connectivity index (χ4n) is 2.73. The maximum atomic E-state index is 12.0. The van der Waals surface area contributed by atoms with Gasteiger partial charge in [-0.1, -0.05) is 18.2 Å². The number of carbonyl (C=O) groups excluding carboxylic acids is 1. The van der Waals surface area contributed by atoms with Crippen LogP contribution >= 0.6 is 0 Å². The van der Waals surface area contributed by atoms with E-state index < -0.39 is 10.9 Å². The Balaban J connectivity index is 1.86. The van der Waals surface area contributed by atoms with E-state index in [1.54, 1.807) is 12.3 Å². The summed E-state index contributed by atoms with van der Waals surface area (Å²) in [5.74, 6) is -0.209. The number of benzene rings is 2. The number of nitro groups is 1. The number of para-hydroxylation sites is 1. The number of rotatable bonds is 2. The molecule has 6 nitrogen and oxygen atoms in total. The lowest BCUT2D eigenvalue weighted by Gasteiger charge is -2.03. The van der Waals surface area contributed by atoms with Crippen molar-refractivity contribution in [2.24, 2.45) is 0 Å². The maximum absolute atomic E-state index is 12.0. The number of ether oxygens (including phenoxy) is 1. The zero-order valence-corrected chi connectivity index (χ0v) is 12.3. The Morgan fingerprint density at radius 3 is 2.75 bits per heavy atom. The molecular weight excluding hydrogens is 308 g/mol. The standard InChI is InChI=1S/C18H10N2O4/c21-18-15-10-12(20(22)23)5-6-14(15)17(24-18)9-11-7-8-19-16-4-2-1-3-13(11)16/h1-10H/b17-9+. The first kappa shape index (κ1) is 14.1. The Hall–Kier alpha value is -3.54. The molecule has 116 valence electrons. The highest BCUT2D eigenvalue weighted by molar-refractivity contribution is 6.07. The molecule has 24 heavy (non-hydrogen) atoms. The van der Waals surface area contributed by atoms with Gasteiger partial charge in [-0.25, -0.2) is 4.79 Å². The van der Waals surface area contributed by atoms with Crippen molar-refractivity contribution in [2.75, 3.05) is 0 Å². The van der Waals surface area contributed by atoms with Crippen molar-refractivity contribution in [3.63, 3.8) is 0 Å². The molecule has 0 bridgehead atoms. The molecule has 0 spiro atoms. The first-order valence-electron chi connectivity index (χ1n) is 7.20. The minimum absolute atomic E-state index is 0.138. The van der Waals surface area contributed by atoms with Crippen LogP contribution in [-0.4, -0.2) is 15.9 Å². The van der Waals surface area contributed by atoms with Crippen LogP contribution in [0.15, 0.2) is 54.7 Å². The molecule has 2 aromatic carbocycles. The third-order valence-corrected chi connectivity index (χ3v) is 3.87. The van der Waals surface area contributed by atoms with Crippen molar-refractivity contribution >= 4 is 34.4 Å². The van der Waals surface area contributed by atoms with Gasteiger partial charge in [-0.3, -0.25) is 15.1 Å². The number of fused-ring (bicyclic) bond motifs is 2.